The maximum absolute atomic E-state index is 9.31. The smallest absolute Gasteiger partial charge is 0.225 e. The SMILES string of the molecule is O[C@H]1CCN(c2ncc(Br)cn2)C1. The minimum absolute atomic E-state index is 0.229. The number of halogens is 1. The van der Waals surface area contributed by atoms with E-state index < -0.39 is 0 Å². The predicted octanol–water partition coefficient (Wildman–Crippen LogP) is 0.810. The summed E-state index contributed by atoms with van der Waals surface area (Å²) in [6, 6.07) is 0. The molecule has 0 saturated carbocycles. The van der Waals surface area contributed by atoms with Gasteiger partial charge >= 0.3 is 0 Å². The van der Waals surface area contributed by atoms with E-state index in [0.717, 1.165) is 17.4 Å². The molecule has 70 valence electrons. The van der Waals surface area contributed by atoms with Crippen LogP contribution in [0.3, 0.4) is 0 Å². The predicted molar refractivity (Wildman–Crippen MR) is 52.6 cm³/mol. The van der Waals surface area contributed by atoms with Crippen molar-refractivity contribution in [2.75, 3.05) is 18.0 Å². The third-order valence-electron chi connectivity index (χ3n) is 2.05. The maximum atomic E-state index is 9.31. The second-order valence-electron chi connectivity index (χ2n) is 3.09. The first-order chi connectivity index (χ1) is 6.25. The Labute approximate surface area is 84.7 Å². The molecule has 0 spiro atoms. The number of aromatic nitrogens is 2. The summed E-state index contributed by atoms with van der Waals surface area (Å²) in [7, 11) is 0. The summed E-state index contributed by atoms with van der Waals surface area (Å²) in [5.41, 5.74) is 0. The summed E-state index contributed by atoms with van der Waals surface area (Å²) in [4.78, 5) is 10.3. The van der Waals surface area contributed by atoms with Crippen LogP contribution < -0.4 is 4.90 Å². The number of anilines is 1. The monoisotopic (exact) mass is 243 g/mol. The molecule has 0 unspecified atom stereocenters. The molecule has 2 rings (SSSR count). The number of nitrogens with zero attached hydrogens (tertiary/aromatic N) is 3. The van der Waals surface area contributed by atoms with Crippen LogP contribution in [0.15, 0.2) is 16.9 Å². The van der Waals surface area contributed by atoms with Crippen molar-refractivity contribution in [2.24, 2.45) is 0 Å². The number of hydrogen-bond acceptors (Lipinski definition) is 4. The van der Waals surface area contributed by atoms with Crippen molar-refractivity contribution in [2.45, 2.75) is 12.5 Å². The van der Waals surface area contributed by atoms with Crippen LogP contribution in [0, 0.1) is 0 Å². The Balaban J connectivity index is 2.13. The Morgan fingerprint density at radius 1 is 1.46 bits per heavy atom. The van der Waals surface area contributed by atoms with Crippen LogP contribution in [0.1, 0.15) is 6.42 Å². The largest absolute Gasteiger partial charge is 0.391 e. The van der Waals surface area contributed by atoms with Crippen molar-refractivity contribution in [3.05, 3.63) is 16.9 Å². The maximum Gasteiger partial charge on any atom is 0.225 e. The highest BCUT2D eigenvalue weighted by molar-refractivity contribution is 9.10. The first-order valence-corrected chi connectivity index (χ1v) is 4.95. The highest BCUT2D eigenvalue weighted by Crippen LogP contribution is 2.16. The molecular weight excluding hydrogens is 234 g/mol. The molecule has 13 heavy (non-hydrogen) atoms. The Morgan fingerprint density at radius 2 is 2.15 bits per heavy atom. The normalized spacial score (nSPS) is 22.3. The van der Waals surface area contributed by atoms with Gasteiger partial charge < -0.3 is 10.0 Å². The van der Waals surface area contributed by atoms with Crippen molar-refractivity contribution < 1.29 is 5.11 Å². The molecular formula is C8H10BrN3O. The zero-order valence-electron chi connectivity index (χ0n) is 7.02. The molecule has 1 aromatic heterocycles. The molecule has 0 aliphatic carbocycles. The number of β-amino-alcohol motifs (C(OH)–C–C–N with tert-alkyl or cyclic N) is 1. The molecule has 1 saturated heterocycles. The Kier molecular flexibility index (Phi) is 2.46. The molecule has 0 radical (unpaired) electrons. The van der Waals surface area contributed by atoms with Crippen LogP contribution in [0.5, 0.6) is 0 Å². The zero-order chi connectivity index (χ0) is 9.26. The summed E-state index contributed by atoms with van der Waals surface area (Å²) in [5.74, 6) is 0.694. The molecule has 1 atom stereocenters. The van der Waals surface area contributed by atoms with Crippen molar-refractivity contribution in [1.29, 1.82) is 0 Å². The summed E-state index contributed by atoms with van der Waals surface area (Å²) >= 11 is 3.27. The molecule has 0 amide bonds. The fourth-order valence-corrected chi connectivity index (χ4v) is 1.60. The van der Waals surface area contributed by atoms with Gasteiger partial charge in [-0.2, -0.15) is 0 Å². The third kappa shape index (κ3) is 1.97. The minimum atomic E-state index is -0.229. The van der Waals surface area contributed by atoms with E-state index in [-0.39, 0.29) is 6.10 Å². The van der Waals surface area contributed by atoms with E-state index in [2.05, 4.69) is 25.9 Å². The summed E-state index contributed by atoms with van der Waals surface area (Å²) in [6.07, 6.45) is 4.01. The topological polar surface area (TPSA) is 49.2 Å². The lowest BCUT2D eigenvalue weighted by atomic mass is 10.3. The molecule has 5 heteroatoms. The third-order valence-corrected chi connectivity index (χ3v) is 2.46. The molecule has 4 nitrogen and oxygen atoms in total. The van der Waals surface area contributed by atoms with Crippen LogP contribution in [0.25, 0.3) is 0 Å². The van der Waals surface area contributed by atoms with Crippen LogP contribution in [0.2, 0.25) is 0 Å². The average Bonchev–Trinajstić information content (AvgIpc) is 2.53. The second-order valence-corrected chi connectivity index (χ2v) is 4.01. The zero-order valence-corrected chi connectivity index (χ0v) is 8.61. The van der Waals surface area contributed by atoms with Gasteiger partial charge in [-0.3, -0.25) is 0 Å². The molecule has 0 aromatic carbocycles. The lowest BCUT2D eigenvalue weighted by molar-refractivity contribution is 0.198. The van der Waals surface area contributed by atoms with Crippen LogP contribution >= 0.6 is 15.9 Å². The quantitative estimate of drug-likeness (QED) is 0.794. The first kappa shape index (κ1) is 8.90. The van der Waals surface area contributed by atoms with Gasteiger partial charge in [0.1, 0.15) is 0 Å². The Bertz CT molecular complexity index is 290. The standard InChI is InChI=1S/C8H10BrN3O/c9-6-3-10-8(11-4-6)12-2-1-7(13)5-12/h3-4,7,13H,1-2,5H2/t7-/m0/s1. The lowest BCUT2D eigenvalue weighted by Gasteiger charge is -2.14. The molecule has 1 aliphatic rings. The van der Waals surface area contributed by atoms with E-state index in [1.54, 1.807) is 12.4 Å². The van der Waals surface area contributed by atoms with Gasteiger partial charge in [-0.15, -0.1) is 0 Å². The van der Waals surface area contributed by atoms with Gasteiger partial charge in [-0.1, -0.05) is 0 Å². The van der Waals surface area contributed by atoms with Gasteiger partial charge in [0.25, 0.3) is 0 Å². The number of hydrogen-bond donors (Lipinski definition) is 1. The number of rotatable bonds is 1. The summed E-state index contributed by atoms with van der Waals surface area (Å²) in [5, 5.41) is 9.31. The molecule has 1 fully saturated rings. The number of aliphatic hydroxyl groups excluding tert-OH is 1. The molecule has 1 aromatic rings. The van der Waals surface area contributed by atoms with Crippen LogP contribution in [-0.4, -0.2) is 34.3 Å². The van der Waals surface area contributed by atoms with Gasteiger partial charge in [0.2, 0.25) is 5.95 Å². The highest BCUT2D eigenvalue weighted by Gasteiger charge is 2.21. The van der Waals surface area contributed by atoms with Gasteiger partial charge in [0, 0.05) is 25.5 Å². The van der Waals surface area contributed by atoms with Crippen LogP contribution in [-0.2, 0) is 0 Å². The molecule has 1 N–H and O–H groups in total. The Morgan fingerprint density at radius 3 is 2.69 bits per heavy atom. The minimum Gasteiger partial charge on any atom is -0.391 e. The van der Waals surface area contributed by atoms with Gasteiger partial charge in [-0.05, 0) is 22.4 Å². The van der Waals surface area contributed by atoms with Crippen molar-refractivity contribution >= 4 is 21.9 Å². The molecule has 0 bridgehead atoms. The van der Waals surface area contributed by atoms with E-state index in [0.29, 0.717) is 12.5 Å². The van der Waals surface area contributed by atoms with Crippen LogP contribution in [0.4, 0.5) is 5.95 Å². The second kappa shape index (κ2) is 3.59. The lowest BCUT2D eigenvalue weighted by Crippen LogP contribution is -2.23. The molecule has 2 heterocycles. The van der Waals surface area contributed by atoms with Gasteiger partial charge in [-0.25, -0.2) is 9.97 Å². The Hall–Kier alpha value is -0.680. The van der Waals surface area contributed by atoms with E-state index in [9.17, 15) is 5.11 Å². The van der Waals surface area contributed by atoms with Crippen molar-refractivity contribution in [3.8, 4) is 0 Å². The summed E-state index contributed by atoms with van der Waals surface area (Å²) < 4.78 is 0.871. The van der Waals surface area contributed by atoms with Crippen molar-refractivity contribution in [3.63, 3.8) is 0 Å². The van der Waals surface area contributed by atoms with Gasteiger partial charge in [0.15, 0.2) is 0 Å². The fourth-order valence-electron chi connectivity index (χ4n) is 1.39. The van der Waals surface area contributed by atoms with E-state index in [1.165, 1.54) is 0 Å². The molecule has 1 aliphatic heterocycles. The van der Waals surface area contributed by atoms with E-state index in [4.69, 9.17) is 0 Å². The van der Waals surface area contributed by atoms with E-state index >= 15 is 0 Å². The van der Waals surface area contributed by atoms with Crippen molar-refractivity contribution in [1.82, 2.24) is 9.97 Å². The fraction of sp³-hybridized carbons (Fsp3) is 0.500. The average molecular weight is 244 g/mol. The first-order valence-electron chi connectivity index (χ1n) is 4.16. The highest BCUT2D eigenvalue weighted by atomic mass is 79.9. The number of aliphatic hydroxyl groups is 1. The summed E-state index contributed by atoms with van der Waals surface area (Å²) in [6.45, 7) is 1.48. The van der Waals surface area contributed by atoms with Gasteiger partial charge in [0.05, 0.1) is 10.6 Å². The van der Waals surface area contributed by atoms with E-state index in [1.807, 2.05) is 4.90 Å².